The Hall–Kier alpha value is -1.69. The fourth-order valence-corrected chi connectivity index (χ4v) is 2.87. The molecule has 0 atom stereocenters. The van der Waals surface area contributed by atoms with E-state index in [1.807, 2.05) is 0 Å². The number of nitrogens with two attached hydrogens (primary N) is 1. The van der Waals surface area contributed by atoms with Crippen LogP contribution < -0.4 is 5.73 Å². The third kappa shape index (κ3) is 2.53. The van der Waals surface area contributed by atoms with E-state index in [-0.39, 0.29) is 0 Å². The molecule has 19 heavy (non-hydrogen) atoms. The third-order valence-electron chi connectivity index (χ3n) is 4.06. The quantitative estimate of drug-likeness (QED) is 0.772. The largest absolute Gasteiger partial charge is 0.396 e. The number of hydrogen-bond acceptors (Lipinski definition) is 5. The van der Waals surface area contributed by atoms with Gasteiger partial charge in [-0.05, 0) is 37.5 Å². The van der Waals surface area contributed by atoms with Gasteiger partial charge in [0.05, 0.1) is 6.33 Å². The van der Waals surface area contributed by atoms with Gasteiger partial charge in [0.25, 0.3) is 0 Å². The number of anilines is 1. The molecule has 0 aliphatic heterocycles. The van der Waals surface area contributed by atoms with Crippen molar-refractivity contribution < 1.29 is 5.11 Å². The van der Waals surface area contributed by atoms with Crippen molar-refractivity contribution in [3.63, 3.8) is 0 Å². The first-order chi connectivity index (χ1) is 9.26. The van der Waals surface area contributed by atoms with Crippen molar-refractivity contribution in [3.8, 4) is 0 Å². The highest BCUT2D eigenvalue weighted by Gasteiger charge is 2.22. The molecule has 1 saturated carbocycles. The first kappa shape index (κ1) is 12.3. The predicted octanol–water partition coefficient (Wildman–Crippen LogP) is 1.28. The molecule has 0 aromatic carbocycles. The summed E-state index contributed by atoms with van der Waals surface area (Å²) >= 11 is 0. The number of nitrogen functional groups attached to an aromatic ring is 1. The van der Waals surface area contributed by atoms with Gasteiger partial charge in [-0.2, -0.15) is 0 Å². The Morgan fingerprint density at radius 2 is 1.95 bits per heavy atom. The fourth-order valence-electron chi connectivity index (χ4n) is 2.87. The lowest BCUT2D eigenvalue weighted by atomic mass is 9.81. The van der Waals surface area contributed by atoms with Crippen molar-refractivity contribution in [2.24, 2.45) is 11.8 Å². The molecule has 0 unspecified atom stereocenters. The van der Waals surface area contributed by atoms with Gasteiger partial charge in [-0.15, -0.1) is 0 Å². The molecule has 0 bridgehead atoms. The second kappa shape index (κ2) is 5.13. The van der Waals surface area contributed by atoms with Crippen molar-refractivity contribution in [2.75, 3.05) is 12.3 Å². The lowest BCUT2D eigenvalue weighted by Gasteiger charge is -2.26. The lowest BCUT2D eigenvalue weighted by Crippen LogP contribution is -2.19. The highest BCUT2D eigenvalue weighted by molar-refractivity contribution is 5.80. The molecule has 1 fully saturated rings. The summed E-state index contributed by atoms with van der Waals surface area (Å²) in [5, 5.41) is 9.15. The Morgan fingerprint density at radius 3 is 2.68 bits per heavy atom. The van der Waals surface area contributed by atoms with Crippen LogP contribution in [0.1, 0.15) is 31.5 Å². The van der Waals surface area contributed by atoms with Gasteiger partial charge in [0.15, 0.2) is 11.5 Å². The molecule has 0 amide bonds. The van der Waals surface area contributed by atoms with Gasteiger partial charge in [-0.3, -0.25) is 0 Å². The van der Waals surface area contributed by atoms with E-state index in [4.69, 9.17) is 10.8 Å². The van der Waals surface area contributed by atoms with Crippen LogP contribution in [0, 0.1) is 11.8 Å². The lowest BCUT2D eigenvalue weighted by molar-refractivity contribution is 0.166. The molecule has 1 aliphatic rings. The van der Waals surface area contributed by atoms with Crippen LogP contribution in [0.2, 0.25) is 0 Å². The van der Waals surface area contributed by atoms with Gasteiger partial charge < -0.3 is 15.8 Å². The summed E-state index contributed by atoms with van der Waals surface area (Å²) in [6, 6.07) is 0. The van der Waals surface area contributed by atoms with Crippen LogP contribution in [0.3, 0.4) is 0 Å². The average Bonchev–Trinajstić information content (AvgIpc) is 2.88. The average molecular weight is 261 g/mol. The van der Waals surface area contributed by atoms with Crippen LogP contribution in [-0.2, 0) is 6.42 Å². The number of aliphatic hydroxyl groups excluding tert-OH is 1. The minimum Gasteiger partial charge on any atom is -0.396 e. The van der Waals surface area contributed by atoms with Gasteiger partial charge in [0, 0.05) is 13.0 Å². The molecule has 2 aromatic heterocycles. The molecule has 2 aromatic rings. The zero-order chi connectivity index (χ0) is 13.2. The molecule has 0 saturated heterocycles. The molecule has 6 heteroatoms. The molecule has 1 aliphatic carbocycles. The number of nitrogens with zero attached hydrogens (tertiary/aromatic N) is 3. The van der Waals surface area contributed by atoms with E-state index in [2.05, 4.69) is 19.9 Å². The van der Waals surface area contributed by atoms with E-state index in [9.17, 15) is 0 Å². The number of hydrogen-bond donors (Lipinski definition) is 3. The minimum atomic E-state index is 0.315. The number of aromatic amines is 1. The highest BCUT2D eigenvalue weighted by atomic mass is 16.3. The second-order valence-corrected chi connectivity index (χ2v) is 5.40. The van der Waals surface area contributed by atoms with Crippen LogP contribution in [0.5, 0.6) is 0 Å². The molecule has 3 rings (SSSR count). The molecular formula is C13H19N5O. The van der Waals surface area contributed by atoms with Crippen LogP contribution in [0.25, 0.3) is 11.2 Å². The summed E-state index contributed by atoms with van der Waals surface area (Å²) in [6.07, 6.45) is 6.90. The van der Waals surface area contributed by atoms with Crippen LogP contribution in [0.15, 0.2) is 6.33 Å². The Labute approximate surface area is 111 Å². The molecule has 102 valence electrons. The van der Waals surface area contributed by atoms with E-state index in [1.54, 1.807) is 6.33 Å². The number of imidazole rings is 1. The topological polar surface area (TPSA) is 101 Å². The highest BCUT2D eigenvalue weighted by Crippen LogP contribution is 2.30. The molecule has 0 spiro atoms. The van der Waals surface area contributed by atoms with Gasteiger partial charge in [-0.25, -0.2) is 15.0 Å². The summed E-state index contributed by atoms with van der Waals surface area (Å²) in [5.41, 5.74) is 7.26. The maximum Gasteiger partial charge on any atom is 0.183 e. The van der Waals surface area contributed by atoms with Crippen molar-refractivity contribution in [2.45, 2.75) is 32.1 Å². The van der Waals surface area contributed by atoms with Crippen molar-refractivity contribution in [3.05, 3.63) is 12.2 Å². The van der Waals surface area contributed by atoms with Crippen molar-refractivity contribution in [1.29, 1.82) is 0 Å². The van der Waals surface area contributed by atoms with Crippen LogP contribution >= 0.6 is 0 Å². The number of fused-ring (bicyclic) bond motifs is 1. The van der Waals surface area contributed by atoms with E-state index in [0.717, 1.165) is 37.9 Å². The normalized spacial score (nSPS) is 23.8. The van der Waals surface area contributed by atoms with E-state index >= 15 is 0 Å². The van der Waals surface area contributed by atoms with Gasteiger partial charge in [0.2, 0.25) is 0 Å². The zero-order valence-electron chi connectivity index (χ0n) is 10.8. The Morgan fingerprint density at radius 1 is 1.21 bits per heavy atom. The zero-order valence-corrected chi connectivity index (χ0v) is 10.8. The Balaban J connectivity index is 1.71. The molecular weight excluding hydrogens is 242 g/mol. The molecule has 0 radical (unpaired) electrons. The number of rotatable bonds is 3. The number of aliphatic hydroxyl groups is 1. The van der Waals surface area contributed by atoms with Crippen molar-refractivity contribution in [1.82, 2.24) is 19.9 Å². The summed E-state index contributed by atoms with van der Waals surface area (Å²) in [5.74, 6) is 2.33. The summed E-state index contributed by atoms with van der Waals surface area (Å²) in [6.45, 7) is 0.315. The first-order valence-corrected chi connectivity index (χ1v) is 6.82. The minimum absolute atomic E-state index is 0.315. The summed E-state index contributed by atoms with van der Waals surface area (Å²) < 4.78 is 0. The predicted molar refractivity (Wildman–Crippen MR) is 72.3 cm³/mol. The maximum absolute atomic E-state index is 9.15. The Kier molecular flexibility index (Phi) is 3.33. The van der Waals surface area contributed by atoms with E-state index in [0.29, 0.717) is 35.4 Å². The van der Waals surface area contributed by atoms with Gasteiger partial charge in [-0.1, -0.05) is 0 Å². The SMILES string of the molecule is Nc1nc(CC2CCC(CO)CC2)nc2nc[nH]c12. The fraction of sp³-hybridized carbons (Fsp3) is 0.615. The summed E-state index contributed by atoms with van der Waals surface area (Å²) in [7, 11) is 0. The van der Waals surface area contributed by atoms with Crippen LogP contribution in [-0.4, -0.2) is 31.6 Å². The van der Waals surface area contributed by atoms with Gasteiger partial charge in [0.1, 0.15) is 11.3 Å². The van der Waals surface area contributed by atoms with E-state index < -0.39 is 0 Å². The van der Waals surface area contributed by atoms with Crippen molar-refractivity contribution >= 4 is 17.0 Å². The standard InChI is InChI=1S/C13H19N5O/c14-12-11-13(16-7-15-11)18-10(17-12)5-8-1-3-9(6-19)4-2-8/h7-9,19H,1-6H2,(H3,14,15,16,17,18). The number of nitrogens with one attached hydrogen (secondary N) is 1. The van der Waals surface area contributed by atoms with E-state index in [1.165, 1.54) is 0 Å². The Bertz CT molecular complexity index is 559. The number of H-pyrrole nitrogens is 1. The third-order valence-corrected chi connectivity index (χ3v) is 4.06. The summed E-state index contributed by atoms with van der Waals surface area (Å²) in [4.78, 5) is 15.9. The monoisotopic (exact) mass is 261 g/mol. The van der Waals surface area contributed by atoms with Crippen LogP contribution in [0.4, 0.5) is 5.82 Å². The number of aromatic nitrogens is 4. The first-order valence-electron chi connectivity index (χ1n) is 6.82. The maximum atomic E-state index is 9.15. The molecule has 6 nitrogen and oxygen atoms in total. The smallest absolute Gasteiger partial charge is 0.183 e. The van der Waals surface area contributed by atoms with Gasteiger partial charge >= 0.3 is 0 Å². The molecule has 2 heterocycles. The second-order valence-electron chi connectivity index (χ2n) is 5.40. The molecule has 4 N–H and O–H groups in total.